The van der Waals surface area contributed by atoms with E-state index in [1.54, 1.807) is 7.05 Å². The number of aryl methyl sites for hydroxylation is 1. The molecule has 0 saturated carbocycles. The molecule has 7 heteroatoms. The normalized spacial score (nSPS) is 20.2. The molecule has 2 aliphatic heterocycles. The molecule has 2 aliphatic rings. The molecular weight excluding hydrogens is 306 g/mol. The largest absolute Gasteiger partial charge is 0.401 e. The van der Waals surface area contributed by atoms with Crippen LogP contribution in [-0.2, 0) is 11.3 Å². The van der Waals surface area contributed by atoms with Crippen LogP contribution in [0.15, 0.2) is 23.3 Å². The summed E-state index contributed by atoms with van der Waals surface area (Å²) in [6.07, 6.45) is 5.59. The molecular formula is C17H24N5O2+. The Morgan fingerprint density at radius 1 is 1.38 bits per heavy atom. The van der Waals surface area contributed by atoms with E-state index in [1.807, 2.05) is 36.8 Å². The zero-order chi connectivity index (χ0) is 17.6. The summed E-state index contributed by atoms with van der Waals surface area (Å²) < 4.78 is 4.00. The van der Waals surface area contributed by atoms with Gasteiger partial charge in [0.15, 0.2) is 0 Å². The van der Waals surface area contributed by atoms with Crippen LogP contribution in [0.1, 0.15) is 32.5 Å². The fourth-order valence-corrected chi connectivity index (χ4v) is 3.20. The molecule has 0 aromatic carbocycles. The van der Waals surface area contributed by atoms with Crippen LogP contribution in [0.3, 0.4) is 0 Å². The van der Waals surface area contributed by atoms with Crippen molar-refractivity contribution < 1.29 is 14.2 Å². The highest BCUT2D eigenvalue weighted by atomic mass is 16.2. The standard InChI is InChI=1S/C17H24N5O2/c1-6-7-8-20-15(23)13-14(19(5)17(20)24)18-16-21(9-11(2)3)12(4)10-22(13)16/h6-7,10-11,13H,8-9H2,1-5H3/q+1/b7-6+. The van der Waals surface area contributed by atoms with Gasteiger partial charge in [0.1, 0.15) is 11.9 Å². The number of carbonyl (C=O) groups is 2. The van der Waals surface area contributed by atoms with Crippen LogP contribution in [-0.4, -0.2) is 45.7 Å². The lowest BCUT2D eigenvalue weighted by molar-refractivity contribution is -0.677. The highest BCUT2D eigenvalue weighted by Crippen LogP contribution is 2.29. The molecule has 1 unspecified atom stereocenters. The van der Waals surface area contributed by atoms with Crippen LogP contribution >= 0.6 is 0 Å². The van der Waals surface area contributed by atoms with Crippen molar-refractivity contribution in [1.82, 2.24) is 14.4 Å². The Morgan fingerprint density at radius 3 is 2.71 bits per heavy atom. The summed E-state index contributed by atoms with van der Waals surface area (Å²) in [7, 11) is 1.68. The minimum Gasteiger partial charge on any atom is -0.270 e. The third-order valence-corrected chi connectivity index (χ3v) is 4.39. The predicted molar refractivity (Wildman–Crippen MR) is 90.0 cm³/mol. The summed E-state index contributed by atoms with van der Waals surface area (Å²) in [6.45, 7) is 9.28. The second-order valence-corrected chi connectivity index (χ2v) is 6.71. The van der Waals surface area contributed by atoms with Gasteiger partial charge in [-0.05, 0) is 19.8 Å². The van der Waals surface area contributed by atoms with E-state index in [4.69, 9.17) is 0 Å². The number of fused-ring (bicyclic) bond motifs is 3. The van der Waals surface area contributed by atoms with Crippen LogP contribution in [0.5, 0.6) is 0 Å². The molecule has 0 spiro atoms. The van der Waals surface area contributed by atoms with Crippen LogP contribution in [0.4, 0.5) is 10.7 Å². The number of nitrogens with zero attached hydrogens (tertiary/aromatic N) is 5. The summed E-state index contributed by atoms with van der Waals surface area (Å²) >= 11 is 0. The Morgan fingerprint density at radius 2 is 2.08 bits per heavy atom. The molecule has 1 aromatic heterocycles. The number of carbonyl (C=O) groups excluding carboxylic acids is 2. The van der Waals surface area contributed by atoms with Crippen LogP contribution in [0.2, 0.25) is 0 Å². The molecule has 0 radical (unpaired) electrons. The fraction of sp³-hybridized carbons (Fsp3) is 0.529. The second kappa shape index (κ2) is 5.89. The van der Waals surface area contributed by atoms with E-state index >= 15 is 0 Å². The highest BCUT2D eigenvalue weighted by Gasteiger charge is 2.52. The lowest BCUT2D eigenvalue weighted by Gasteiger charge is -2.32. The summed E-state index contributed by atoms with van der Waals surface area (Å²) in [5.41, 5.74) is 1.06. The lowest BCUT2D eigenvalue weighted by Crippen LogP contribution is -2.62. The number of likely N-dealkylation sites (N-methyl/N-ethyl adjacent to an activating group) is 1. The summed E-state index contributed by atoms with van der Waals surface area (Å²) in [5, 5.41) is 0. The van der Waals surface area contributed by atoms with Gasteiger partial charge in [-0.25, -0.2) is 13.9 Å². The van der Waals surface area contributed by atoms with Crippen molar-refractivity contribution in [2.75, 3.05) is 13.6 Å². The number of imide groups is 1. The molecule has 24 heavy (non-hydrogen) atoms. The average Bonchev–Trinajstić information content (AvgIpc) is 3.02. The zero-order valence-electron chi connectivity index (χ0n) is 14.9. The van der Waals surface area contributed by atoms with Gasteiger partial charge in [0, 0.05) is 13.6 Å². The van der Waals surface area contributed by atoms with Crippen molar-refractivity contribution >= 4 is 23.7 Å². The van der Waals surface area contributed by atoms with Gasteiger partial charge in [0.2, 0.25) is 11.9 Å². The van der Waals surface area contributed by atoms with E-state index in [-0.39, 0.29) is 18.5 Å². The maximum atomic E-state index is 12.9. The molecule has 128 valence electrons. The van der Waals surface area contributed by atoms with Gasteiger partial charge in [0.25, 0.3) is 5.91 Å². The molecule has 0 aliphatic carbocycles. The zero-order valence-corrected chi connectivity index (χ0v) is 14.9. The SMILES string of the molecule is C/C=C/CN1C(=O)C2C(=Nc3n(CC(C)C)c(C)c[n+]32)N(C)C1=O. The van der Waals surface area contributed by atoms with Gasteiger partial charge >= 0.3 is 12.0 Å². The Hall–Kier alpha value is -2.44. The molecule has 3 rings (SSSR count). The van der Waals surface area contributed by atoms with Crippen LogP contribution in [0.25, 0.3) is 0 Å². The molecule has 1 atom stereocenters. The van der Waals surface area contributed by atoms with Gasteiger partial charge < -0.3 is 0 Å². The molecule has 1 fully saturated rings. The summed E-state index contributed by atoms with van der Waals surface area (Å²) in [4.78, 5) is 32.8. The number of rotatable bonds is 4. The summed E-state index contributed by atoms with van der Waals surface area (Å²) in [5.74, 6) is 1.49. The number of hydrogen-bond acceptors (Lipinski definition) is 3. The quantitative estimate of drug-likeness (QED) is 0.624. The highest BCUT2D eigenvalue weighted by molar-refractivity contribution is 6.19. The Bertz CT molecular complexity index is 759. The maximum absolute atomic E-state index is 12.9. The minimum absolute atomic E-state index is 0.222. The molecule has 0 N–H and O–H groups in total. The number of hydrogen-bond donors (Lipinski definition) is 0. The first-order valence-electron chi connectivity index (χ1n) is 8.26. The van der Waals surface area contributed by atoms with Gasteiger partial charge in [-0.2, -0.15) is 0 Å². The van der Waals surface area contributed by atoms with E-state index in [1.165, 1.54) is 9.80 Å². The Kier molecular flexibility index (Phi) is 4.03. The monoisotopic (exact) mass is 330 g/mol. The number of amides is 3. The fourth-order valence-electron chi connectivity index (χ4n) is 3.20. The third-order valence-electron chi connectivity index (χ3n) is 4.39. The van der Waals surface area contributed by atoms with E-state index in [0.29, 0.717) is 11.8 Å². The van der Waals surface area contributed by atoms with Crippen molar-refractivity contribution in [3.05, 3.63) is 24.0 Å². The van der Waals surface area contributed by atoms with E-state index in [9.17, 15) is 9.59 Å². The third kappa shape index (κ3) is 2.35. The smallest absolute Gasteiger partial charge is 0.270 e. The number of amidine groups is 1. The van der Waals surface area contributed by atoms with Crippen molar-refractivity contribution in [2.24, 2.45) is 10.9 Å². The Labute approximate surface area is 141 Å². The number of allylic oxidation sites excluding steroid dienone is 1. The van der Waals surface area contributed by atoms with Crippen molar-refractivity contribution in [3.63, 3.8) is 0 Å². The number of imidazole rings is 1. The van der Waals surface area contributed by atoms with Gasteiger partial charge in [0.05, 0.1) is 6.54 Å². The first-order valence-corrected chi connectivity index (χ1v) is 8.26. The molecule has 1 saturated heterocycles. The molecule has 3 amide bonds. The number of aliphatic imine (C=N–C) groups is 1. The van der Waals surface area contributed by atoms with Gasteiger partial charge in [-0.15, -0.1) is 0 Å². The molecule has 0 bridgehead atoms. The molecule has 3 heterocycles. The van der Waals surface area contributed by atoms with Crippen LogP contribution < -0.4 is 4.57 Å². The van der Waals surface area contributed by atoms with Gasteiger partial charge in [-0.3, -0.25) is 14.6 Å². The van der Waals surface area contributed by atoms with E-state index < -0.39 is 6.04 Å². The maximum Gasteiger partial charge on any atom is 0.401 e. The number of urea groups is 1. The lowest BCUT2D eigenvalue weighted by atomic mass is 10.1. The van der Waals surface area contributed by atoms with Crippen molar-refractivity contribution in [2.45, 2.75) is 40.3 Å². The van der Waals surface area contributed by atoms with Crippen LogP contribution in [0, 0.1) is 12.8 Å². The van der Waals surface area contributed by atoms with Gasteiger partial charge in [-0.1, -0.05) is 31.0 Å². The van der Waals surface area contributed by atoms with Crippen molar-refractivity contribution in [3.8, 4) is 0 Å². The predicted octanol–water partition coefficient (Wildman–Crippen LogP) is 1.79. The molecule has 7 nitrogen and oxygen atoms in total. The van der Waals surface area contributed by atoms with Crippen molar-refractivity contribution in [1.29, 1.82) is 0 Å². The second-order valence-electron chi connectivity index (χ2n) is 6.71. The first kappa shape index (κ1) is 16.4. The minimum atomic E-state index is -0.555. The summed E-state index contributed by atoms with van der Waals surface area (Å²) in [6, 6.07) is -0.883. The first-order chi connectivity index (χ1) is 11.4. The average molecular weight is 330 g/mol. The molecule has 1 aromatic rings. The van der Waals surface area contributed by atoms with E-state index in [2.05, 4.69) is 23.4 Å². The number of aromatic nitrogens is 2. The topological polar surface area (TPSA) is 61.8 Å². The Balaban J connectivity index is 2.05. The van der Waals surface area contributed by atoms with E-state index in [0.717, 1.165) is 18.2 Å².